The minimum absolute atomic E-state index is 0.196. The lowest BCUT2D eigenvalue weighted by Gasteiger charge is -2.32. The lowest BCUT2D eigenvalue weighted by molar-refractivity contribution is -0.123. The molecule has 0 bridgehead atoms. The highest BCUT2D eigenvalue weighted by atomic mass is 16.5. The van der Waals surface area contributed by atoms with Crippen molar-refractivity contribution in [3.8, 4) is 5.75 Å². The van der Waals surface area contributed by atoms with Gasteiger partial charge in [0.25, 0.3) is 0 Å². The topological polar surface area (TPSA) is 54.5 Å². The zero-order valence-electron chi connectivity index (χ0n) is 18.7. The van der Waals surface area contributed by atoms with Crippen LogP contribution < -0.4 is 10.1 Å². The van der Waals surface area contributed by atoms with E-state index in [2.05, 4.69) is 45.5 Å². The summed E-state index contributed by atoms with van der Waals surface area (Å²) in [5, 5.41) is 4.37. The number of fused-ring (bicyclic) bond motifs is 1. The van der Waals surface area contributed by atoms with Crippen molar-refractivity contribution in [3.05, 3.63) is 71.9 Å². The second-order valence-electron chi connectivity index (χ2n) is 9.32. The summed E-state index contributed by atoms with van der Waals surface area (Å²) >= 11 is 0. The smallest absolute Gasteiger partial charge is 0.223 e. The Bertz CT molecular complexity index is 1100. The molecule has 1 saturated heterocycles. The molecule has 1 atom stereocenters. The normalized spacial score (nSPS) is 19.7. The largest absolute Gasteiger partial charge is 0.497 e. The van der Waals surface area contributed by atoms with Gasteiger partial charge in [-0.2, -0.15) is 0 Å². The summed E-state index contributed by atoms with van der Waals surface area (Å²) in [5.74, 6) is 1.30. The summed E-state index contributed by atoms with van der Waals surface area (Å²) in [4.78, 5) is 19.7. The van der Waals surface area contributed by atoms with Gasteiger partial charge in [-0.1, -0.05) is 24.3 Å². The number of methoxy groups -OCH3 is 1. The summed E-state index contributed by atoms with van der Waals surface area (Å²) in [7, 11) is 1.68. The van der Waals surface area contributed by atoms with E-state index >= 15 is 0 Å². The molecule has 5 heteroatoms. The molecule has 1 aliphatic carbocycles. The van der Waals surface area contributed by atoms with Gasteiger partial charge in [-0.3, -0.25) is 14.7 Å². The fourth-order valence-electron chi connectivity index (χ4n) is 5.19. The first-order chi connectivity index (χ1) is 15.6. The second-order valence-corrected chi connectivity index (χ2v) is 9.32. The number of rotatable bonds is 7. The van der Waals surface area contributed by atoms with Gasteiger partial charge in [-0.05, 0) is 85.6 Å². The van der Waals surface area contributed by atoms with Crippen LogP contribution in [0.2, 0.25) is 0 Å². The number of aromatic nitrogens is 1. The van der Waals surface area contributed by atoms with Crippen molar-refractivity contribution in [1.29, 1.82) is 0 Å². The molecule has 5 nitrogen and oxygen atoms in total. The fraction of sp³-hybridized carbons (Fsp3) is 0.407. The number of piperidine rings is 1. The number of carbonyl (C=O) groups is 1. The molecular weight excluding hydrogens is 398 g/mol. The molecule has 2 aliphatic rings. The Morgan fingerprint density at radius 2 is 2.00 bits per heavy atom. The van der Waals surface area contributed by atoms with E-state index in [1.807, 2.05) is 30.5 Å². The van der Waals surface area contributed by atoms with Gasteiger partial charge in [0.15, 0.2) is 0 Å². The summed E-state index contributed by atoms with van der Waals surface area (Å²) in [6, 6.07) is 18.7. The van der Waals surface area contributed by atoms with Crippen molar-refractivity contribution in [2.75, 3.05) is 26.7 Å². The number of likely N-dealkylation sites (tertiary alicyclic amines) is 1. The van der Waals surface area contributed by atoms with Crippen LogP contribution in [0.15, 0.2) is 60.8 Å². The molecule has 166 valence electrons. The molecule has 0 unspecified atom stereocenters. The summed E-state index contributed by atoms with van der Waals surface area (Å²) in [5.41, 5.74) is 3.81. The number of pyridine rings is 1. The van der Waals surface area contributed by atoms with Gasteiger partial charge in [0.05, 0.1) is 12.6 Å². The molecule has 1 aromatic heterocycles. The minimum atomic E-state index is 0.196. The summed E-state index contributed by atoms with van der Waals surface area (Å²) in [6.07, 6.45) is 5.96. The Morgan fingerprint density at radius 1 is 1.12 bits per heavy atom. The second kappa shape index (κ2) is 8.91. The van der Waals surface area contributed by atoms with Crippen LogP contribution in [0.1, 0.15) is 30.4 Å². The lowest BCUT2D eigenvalue weighted by atomic mass is 9.90. The number of carbonyl (C=O) groups excluding carboxylic acids is 1. The van der Waals surface area contributed by atoms with E-state index in [0.717, 1.165) is 56.6 Å². The molecule has 5 rings (SSSR count). The number of nitrogens with zero attached hydrogens (tertiary/aromatic N) is 2. The van der Waals surface area contributed by atoms with Crippen molar-refractivity contribution in [2.24, 2.45) is 11.3 Å². The van der Waals surface area contributed by atoms with Gasteiger partial charge in [-0.25, -0.2) is 0 Å². The Labute approximate surface area is 189 Å². The lowest BCUT2D eigenvalue weighted by Crippen LogP contribution is -2.37. The predicted octanol–water partition coefficient (Wildman–Crippen LogP) is 4.20. The molecule has 1 aliphatic heterocycles. The van der Waals surface area contributed by atoms with Crippen LogP contribution >= 0.6 is 0 Å². The average Bonchev–Trinajstić information content (AvgIpc) is 3.54. The number of ether oxygens (including phenoxy) is 1. The van der Waals surface area contributed by atoms with Crippen LogP contribution in [-0.4, -0.2) is 42.5 Å². The molecule has 1 saturated carbocycles. The third-order valence-corrected chi connectivity index (χ3v) is 7.28. The number of benzene rings is 2. The Hall–Kier alpha value is -2.92. The van der Waals surface area contributed by atoms with E-state index in [1.165, 1.54) is 16.5 Å². The van der Waals surface area contributed by atoms with Crippen LogP contribution in [0.4, 0.5) is 0 Å². The van der Waals surface area contributed by atoms with E-state index in [-0.39, 0.29) is 17.2 Å². The van der Waals surface area contributed by atoms with E-state index < -0.39 is 0 Å². The number of nitrogens with one attached hydrogen (secondary N) is 1. The summed E-state index contributed by atoms with van der Waals surface area (Å²) in [6.45, 7) is 3.79. The van der Waals surface area contributed by atoms with Crippen molar-refractivity contribution < 1.29 is 9.53 Å². The quantitative estimate of drug-likeness (QED) is 0.612. The standard InChI is InChI=1S/C27H31N3O2/c1-32-23-6-2-4-20(17-23)9-13-29-26(31)24-18-27(24)10-14-30(15-11-27)19-21-7-8-25-22(16-21)5-3-12-28-25/h2-8,12,16-17,24H,9-11,13-15,18-19H2,1H3,(H,29,31)/t24-/m0/s1. The predicted molar refractivity (Wildman–Crippen MR) is 127 cm³/mol. The zero-order chi connectivity index (χ0) is 22.0. The highest BCUT2D eigenvalue weighted by molar-refractivity contribution is 5.82. The average molecular weight is 430 g/mol. The van der Waals surface area contributed by atoms with Crippen LogP contribution in [0.5, 0.6) is 5.75 Å². The van der Waals surface area contributed by atoms with Gasteiger partial charge in [0.2, 0.25) is 5.91 Å². The monoisotopic (exact) mass is 429 g/mol. The molecule has 3 aromatic rings. The van der Waals surface area contributed by atoms with Gasteiger partial charge in [-0.15, -0.1) is 0 Å². The van der Waals surface area contributed by atoms with Crippen molar-refractivity contribution in [2.45, 2.75) is 32.2 Å². The van der Waals surface area contributed by atoms with Crippen LogP contribution in [0, 0.1) is 11.3 Å². The number of hydrogen-bond donors (Lipinski definition) is 1. The Morgan fingerprint density at radius 3 is 2.84 bits per heavy atom. The molecule has 1 N–H and O–H groups in total. The maximum Gasteiger partial charge on any atom is 0.223 e. The highest BCUT2D eigenvalue weighted by Crippen LogP contribution is 2.59. The van der Waals surface area contributed by atoms with Crippen molar-refractivity contribution >= 4 is 16.8 Å². The highest BCUT2D eigenvalue weighted by Gasteiger charge is 2.58. The Balaban J connectivity index is 1.08. The number of amides is 1. The minimum Gasteiger partial charge on any atom is -0.497 e. The van der Waals surface area contributed by atoms with Crippen LogP contribution in [0.3, 0.4) is 0 Å². The van der Waals surface area contributed by atoms with E-state index in [0.29, 0.717) is 6.54 Å². The summed E-state index contributed by atoms with van der Waals surface area (Å²) < 4.78 is 5.28. The van der Waals surface area contributed by atoms with Crippen LogP contribution in [-0.2, 0) is 17.8 Å². The molecule has 32 heavy (non-hydrogen) atoms. The third-order valence-electron chi connectivity index (χ3n) is 7.28. The molecule has 2 fully saturated rings. The maximum atomic E-state index is 12.7. The Kier molecular flexibility index (Phi) is 5.83. The first-order valence-electron chi connectivity index (χ1n) is 11.6. The van der Waals surface area contributed by atoms with Crippen molar-refractivity contribution in [3.63, 3.8) is 0 Å². The van der Waals surface area contributed by atoms with Gasteiger partial charge in [0, 0.05) is 30.6 Å². The van der Waals surface area contributed by atoms with Gasteiger partial charge in [0.1, 0.15) is 5.75 Å². The first kappa shape index (κ1) is 21.0. The maximum absolute atomic E-state index is 12.7. The van der Waals surface area contributed by atoms with Gasteiger partial charge >= 0.3 is 0 Å². The van der Waals surface area contributed by atoms with E-state index in [4.69, 9.17) is 4.74 Å². The third kappa shape index (κ3) is 4.49. The van der Waals surface area contributed by atoms with Gasteiger partial charge < -0.3 is 10.1 Å². The first-order valence-corrected chi connectivity index (χ1v) is 11.6. The molecule has 2 aromatic carbocycles. The molecular formula is C27H31N3O2. The number of hydrogen-bond acceptors (Lipinski definition) is 4. The van der Waals surface area contributed by atoms with Crippen molar-refractivity contribution in [1.82, 2.24) is 15.2 Å². The molecule has 1 amide bonds. The van der Waals surface area contributed by atoms with Crippen LogP contribution in [0.25, 0.3) is 10.9 Å². The zero-order valence-corrected chi connectivity index (χ0v) is 18.7. The fourth-order valence-corrected chi connectivity index (χ4v) is 5.19. The molecule has 0 radical (unpaired) electrons. The SMILES string of the molecule is COc1cccc(CCNC(=O)[C@@H]2CC23CCN(Cc2ccc4ncccc4c2)CC3)c1. The molecule has 2 heterocycles. The van der Waals surface area contributed by atoms with E-state index in [1.54, 1.807) is 7.11 Å². The van der Waals surface area contributed by atoms with E-state index in [9.17, 15) is 4.79 Å². The molecule has 1 spiro atoms.